The summed E-state index contributed by atoms with van der Waals surface area (Å²) in [4.78, 5) is 27.7. The topological polar surface area (TPSA) is 71.1 Å². The third-order valence-electron chi connectivity index (χ3n) is 2.73. The Kier molecular flexibility index (Phi) is 4.10. The van der Waals surface area contributed by atoms with E-state index in [-0.39, 0.29) is 0 Å². The number of rotatable bonds is 2. The van der Waals surface area contributed by atoms with Crippen LogP contribution in [0, 0.1) is 13.8 Å². The van der Waals surface area contributed by atoms with Crippen LogP contribution in [0.15, 0.2) is 42.5 Å². The van der Waals surface area contributed by atoms with E-state index in [1.54, 1.807) is 24.3 Å². The fourth-order valence-electron chi connectivity index (χ4n) is 1.68. The molecule has 1 heterocycles. The van der Waals surface area contributed by atoms with Crippen molar-refractivity contribution in [2.45, 2.75) is 13.8 Å². The van der Waals surface area contributed by atoms with Crippen LogP contribution in [0.1, 0.15) is 11.3 Å². The monoisotopic (exact) mass is 269 g/mol. The maximum absolute atomic E-state index is 11.8. The van der Waals surface area contributed by atoms with Crippen LogP contribution in [0.3, 0.4) is 0 Å². The number of hydrogen-bond donors (Lipinski definition) is 2. The van der Waals surface area contributed by atoms with Crippen LogP contribution >= 0.6 is 0 Å². The molecular weight excluding hydrogens is 254 g/mol. The van der Waals surface area contributed by atoms with Crippen LogP contribution in [-0.4, -0.2) is 16.8 Å². The lowest BCUT2D eigenvalue weighted by molar-refractivity contribution is -0.133. The number of amides is 2. The molecule has 2 rings (SSSR count). The molecule has 0 aliphatic rings. The van der Waals surface area contributed by atoms with Crippen LogP contribution in [0.2, 0.25) is 0 Å². The molecule has 102 valence electrons. The quantitative estimate of drug-likeness (QED) is 0.822. The number of carbonyl (C=O) groups excluding carboxylic acids is 2. The van der Waals surface area contributed by atoms with Gasteiger partial charge in [-0.2, -0.15) is 0 Å². The lowest BCUT2D eigenvalue weighted by Crippen LogP contribution is -2.29. The molecule has 5 heteroatoms. The van der Waals surface area contributed by atoms with Crippen molar-refractivity contribution in [2.24, 2.45) is 0 Å². The van der Waals surface area contributed by atoms with Gasteiger partial charge in [0.1, 0.15) is 5.82 Å². The second-order valence-corrected chi connectivity index (χ2v) is 4.39. The van der Waals surface area contributed by atoms with Crippen LogP contribution in [0.25, 0.3) is 0 Å². The highest BCUT2D eigenvalue weighted by molar-refractivity contribution is 6.43. The molecule has 2 N–H and O–H groups in total. The summed E-state index contributed by atoms with van der Waals surface area (Å²) < 4.78 is 0. The molecule has 1 aromatic heterocycles. The van der Waals surface area contributed by atoms with Crippen molar-refractivity contribution in [3.63, 3.8) is 0 Å². The third kappa shape index (κ3) is 3.41. The van der Waals surface area contributed by atoms with E-state index in [1.807, 2.05) is 32.0 Å². The van der Waals surface area contributed by atoms with E-state index in [2.05, 4.69) is 15.6 Å². The van der Waals surface area contributed by atoms with Gasteiger partial charge in [-0.25, -0.2) is 4.98 Å². The molecule has 1 aromatic carbocycles. The first-order valence-corrected chi connectivity index (χ1v) is 6.18. The zero-order valence-corrected chi connectivity index (χ0v) is 11.3. The normalized spacial score (nSPS) is 9.90. The molecule has 0 spiro atoms. The lowest BCUT2D eigenvalue weighted by Gasteiger charge is -2.08. The minimum absolute atomic E-state index is 0.356. The summed E-state index contributed by atoms with van der Waals surface area (Å²) in [5, 5.41) is 5.03. The Balaban J connectivity index is 2.03. The number of aromatic nitrogens is 1. The number of anilines is 2. The number of hydrogen-bond acceptors (Lipinski definition) is 3. The summed E-state index contributed by atoms with van der Waals surface area (Å²) >= 11 is 0. The van der Waals surface area contributed by atoms with Gasteiger partial charge in [-0.3, -0.25) is 9.59 Å². The maximum Gasteiger partial charge on any atom is 0.315 e. The van der Waals surface area contributed by atoms with Crippen LogP contribution in [-0.2, 0) is 9.59 Å². The molecule has 20 heavy (non-hydrogen) atoms. The molecule has 2 amide bonds. The van der Waals surface area contributed by atoms with E-state index in [9.17, 15) is 9.59 Å². The number of carbonyl (C=O) groups is 2. The van der Waals surface area contributed by atoms with Gasteiger partial charge < -0.3 is 10.6 Å². The fourth-order valence-corrected chi connectivity index (χ4v) is 1.68. The van der Waals surface area contributed by atoms with Gasteiger partial charge in [0.05, 0.1) is 0 Å². The number of nitrogens with one attached hydrogen (secondary N) is 2. The van der Waals surface area contributed by atoms with Gasteiger partial charge in [0.2, 0.25) is 0 Å². The molecule has 2 aromatic rings. The van der Waals surface area contributed by atoms with Gasteiger partial charge in [-0.05, 0) is 37.6 Å². The average Bonchev–Trinajstić information content (AvgIpc) is 2.41. The van der Waals surface area contributed by atoms with Crippen molar-refractivity contribution in [1.29, 1.82) is 0 Å². The van der Waals surface area contributed by atoms with Gasteiger partial charge in [0, 0.05) is 11.4 Å². The van der Waals surface area contributed by atoms with E-state index in [1.165, 1.54) is 0 Å². The summed E-state index contributed by atoms with van der Waals surface area (Å²) in [7, 11) is 0. The summed E-state index contributed by atoms with van der Waals surface area (Å²) in [6.07, 6.45) is 0. The van der Waals surface area contributed by atoms with Crippen LogP contribution in [0.4, 0.5) is 11.5 Å². The third-order valence-corrected chi connectivity index (χ3v) is 2.73. The van der Waals surface area contributed by atoms with Gasteiger partial charge in [-0.15, -0.1) is 0 Å². The van der Waals surface area contributed by atoms with E-state index in [0.29, 0.717) is 11.5 Å². The molecule has 0 fully saturated rings. The fraction of sp³-hybridized carbons (Fsp3) is 0.133. The number of para-hydroxylation sites is 1. The van der Waals surface area contributed by atoms with Crippen LogP contribution in [0.5, 0.6) is 0 Å². The van der Waals surface area contributed by atoms with Crippen molar-refractivity contribution in [1.82, 2.24) is 4.98 Å². The predicted molar refractivity (Wildman–Crippen MR) is 77.4 cm³/mol. The highest BCUT2D eigenvalue weighted by Gasteiger charge is 2.15. The number of benzene rings is 1. The molecule has 0 saturated carbocycles. The van der Waals surface area contributed by atoms with E-state index in [0.717, 1.165) is 11.3 Å². The number of aryl methyl sites for hydroxylation is 2. The highest BCUT2D eigenvalue weighted by Crippen LogP contribution is 2.13. The molecule has 5 nitrogen and oxygen atoms in total. The van der Waals surface area contributed by atoms with E-state index >= 15 is 0 Å². The Morgan fingerprint density at radius 3 is 2.30 bits per heavy atom. The van der Waals surface area contributed by atoms with Crippen molar-refractivity contribution in [2.75, 3.05) is 10.6 Å². The molecular formula is C15H15N3O2. The molecule has 0 bridgehead atoms. The molecule has 0 unspecified atom stereocenters. The summed E-state index contributed by atoms with van der Waals surface area (Å²) in [5.74, 6) is -1.11. The van der Waals surface area contributed by atoms with Crippen molar-refractivity contribution < 1.29 is 9.59 Å². The molecule has 0 saturated heterocycles. The Hall–Kier alpha value is -2.69. The van der Waals surface area contributed by atoms with Crippen molar-refractivity contribution >= 4 is 23.3 Å². The van der Waals surface area contributed by atoms with Crippen LogP contribution < -0.4 is 10.6 Å². The maximum atomic E-state index is 11.8. The zero-order chi connectivity index (χ0) is 14.5. The first-order chi connectivity index (χ1) is 9.56. The first kappa shape index (κ1) is 13.7. The van der Waals surface area contributed by atoms with E-state index < -0.39 is 11.8 Å². The van der Waals surface area contributed by atoms with Crippen molar-refractivity contribution in [3.05, 3.63) is 53.7 Å². The Labute approximate surface area is 117 Å². The summed E-state index contributed by atoms with van der Waals surface area (Å²) in [6, 6.07) is 12.5. The Bertz CT molecular complexity index is 653. The van der Waals surface area contributed by atoms with E-state index in [4.69, 9.17) is 0 Å². The van der Waals surface area contributed by atoms with Gasteiger partial charge in [-0.1, -0.05) is 24.3 Å². The first-order valence-electron chi connectivity index (χ1n) is 6.18. The van der Waals surface area contributed by atoms with Gasteiger partial charge >= 0.3 is 11.8 Å². The second kappa shape index (κ2) is 5.97. The lowest BCUT2D eigenvalue weighted by atomic mass is 10.2. The summed E-state index contributed by atoms with van der Waals surface area (Å²) in [5.41, 5.74) is 2.27. The Morgan fingerprint density at radius 2 is 1.60 bits per heavy atom. The summed E-state index contributed by atoms with van der Waals surface area (Å²) in [6.45, 7) is 3.67. The molecule has 0 atom stereocenters. The molecule has 0 aliphatic carbocycles. The zero-order valence-electron chi connectivity index (χ0n) is 11.3. The van der Waals surface area contributed by atoms with Gasteiger partial charge in [0.15, 0.2) is 0 Å². The average molecular weight is 269 g/mol. The standard InChI is InChI=1S/C15H15N3O2/c1-10-6-3-4-8-12(10)17-14(19)15(20)18-13-9-5-7-11(2)16-13/h3-9H,1-2H3,(H,17,19)(H,16,18,20). The second-order valence-electron chi connectivity index (χ2n) is 4.39. The number of nitrogens with zero attached hydrogens (tertiary/aromatic N) is 1. The minimum Gasteiger partial charge on any atom is -0.318 e. The predicted octanol–water partition coefficient (Wildman–Crippen LogP) is 2.28. The minimum atomic E-state index is -0.744. The number of pyridine rings is 1. The highest BCUT2D eigenvalue weighted by atomic mass is 16.2. The van der Waals surface area contributed by atoms with Crippen molar-refractivity contribution in [3.8, 4) is 0 Å². The van der Waals surface area contributed by atoms with Gasteiger partial charge in [0.25, 0.3) is 0 Å². The SMILES string of the molecule is Cc1cccc(NC(=O)C(=O)Nc2ccccc2C)n1. The Morgan fingerprint density at radius 1 is 0.900 bits per heavy atom. The largest absolute Gasteiger partial charge is 0.318 e. The molecule has 0 aliphatic heterocycles. The smallest absolute Gasteiger partial charge is 0.315 e. The molecule has 0 radical (unpaired) electrons.